The van der Waals surface area contributed by atoms with Gasteiger partial charge in [-0.25, -0.2) is 0 Å². The molecule has 4 nitrogen and oxygen atoms in total. The molecule has 0 aromatic heterocycles. The second-order valence-electron chi connectivity index (χ2n) is 4.76. The van der Waals surface area contributed by atoms with Crippen molar-refractivity contribution in [1.29, 1.82) is 0 Å². The van der Waals surface area contributed by atoms with Crippen molar-refractivity contribution in [2.45, 2.75) is 11.3 Å². The number of benzene rings is 2. The van der Waals surface area contributed by atoms with E-state index in [1.165, 1.54) is 4.90 Å². The zero-order chi connectivity index (χ0) is 16.3. The normalized spacial score (nSPS) is 10.1. The Bertz CT molecular complexity index is 604. The molecule has 0 aliphatic rings. The van der Waals surface area contributed by atoms with Crippen LogP contribution in [0, 0.1) is 0 Å². The number of methoxy groups -OCH3 is 1. The summed E-state index contributed by atoms with van der Waals surface area (Å²) < 4.78 is 10.8. The van der Waals surface area contributed by atoms with Crippen molar-refractivity contribution in [2.24, 2.45) is 0 Å². The fourth-order valence-electron chi connectivity index (χ4n) is 1.96. The maximum absolute atomic E-state index is 11.8. The SMILES string of the molecule is COc1ccccc1OCCC(=O)NCCSc1ccccc1. The third-order valence-electron chi connectivity index (χ3n) is 3.09. The largest absolute Gasteiger partial charge is 0.493 e. The van der Waals surface area contributed by atoms with Crippen LogP contribution in [-0.2, 0) is 4.79 Å². The van der Waals surface area contributed by atoms with Crippen LogP contribution < -0.4 is 14.8 Å². The molecule has 0 heterocycles. The van der Waals surface area contributed by atoms with Crippen LogP contribution in [0.5, 0.6) is 11.5 Å². The van der Waals surface area contributed by atoms with Gasteiger partial charge in [-0.15, -0.1) is 11.8 Å². The van der Waals surface area contributed by atoms with Crippen LogP contribution in [0.3, 0.4) is 0 Å². The molecule has 1 amide bonds. The van der Waals surface area contributed by atoms with E-state index in [4.69, 9.17) is 9.47 Å². The molecule has 0 unspecified atom stereocenters. The molecule has 2 aromatic rings. The molecule has 0 bridgehead atoms. The summed E-state index contributed by atoms with van der Waals surface area (Å²) in [4.78, 5) is 13.0. The van der Waals surface area contributed by atoms with Crippen molar-refractivity contribution in [3.63, 3.8) is 0 Å². The van der Waals surface area contributed by atoms with Crippen LogP contribution in [0.4, 0.5) is 0 Å². The molecular formula is C18H21NO3S. The highest BCUT2D eigenvalue weighted by Crippen LogP contribution is 2.25. The summed E-state index contributed by atoms with van der Waals surface area (Å²) in [5, 5.41) is 2.90. The molecule has 5 heteroatoms. The lowest BCUT2D eigenvalue weighted by atomic mass is 10.3. The summed E-state index contributed by atoms with van der Waals surface area (Å²) in [6, 6.07) is 17.5. The first kappa shape index (κ1) is 17.2. The smallest absolute Gasteiger partial charge is 0.223 e. The number of amides is 1. The molecule has 0 aliphatic heterocycles. The Morgan fingerprint density at radius 2 is 1.74 bits per heavy atom. The van der Waals surface area contributed by atoms with Crippen molar-refractivity contribution in [3.8, 4) is 11.5 Å². The number of carbonyl (C=O) groups excluding carboxylic acids is 1. The maximum Gasteiger partial charge on any atom is 0.223 e. The standard InChI is InChI=1S/C18H21NO3S/c1-21-16-9-5-6-10-17(16)22-13-11-18(20)19-12-14-23-15-7-3-2-4-8-15/h2-10H,11-14H2,1H3,(H,19,20). The number of rotatable bonds is 9. The van der Waals surface area contributed by atoms with Gasteiger partial charge in [0.05, 0.1) is 20.1 Å². The molecular weight excluding hydrogens is 310 g/mol. The summed E-state index contributed by atoms with van der Waals surface area (Å²) in [6.45, 7) is 0.977. The van der Waals surface area contributed by atoms with E-state index < -0.39 is 0 Å². The van der Waals surface area contributed by atoms with Gasteiger partial charge in [-0.05, 0) is 24.3 Å². The van der Waals surface area contributed by atoms with Crippen molar-refractivity contribution < 1.29 is 14.3 Å². The molecule has 0 spiro atoms. The highest BCUT2D eigenvalue weighted by molar-refractivity contribution is 7.99. The van der Waals surface area contributed by atoms with Gasteiger partial charge in [-0.1, -0.05) is 30.3 Å². The van der Waals surface area contributed by atoms with Crippen molar-refractivity contribution in [1.82, 2.24) is 5.32 Å². The minimum absolute atomic E-state index is 0.00596. The Balaban J connectivity index is 1.60. The molecule has 2 aromatic carbocycles. The van der Waals surface area contributed by atoms with E-state index in [1.54, 1.807) is 18.9 Å². The minimum atomic E-state index is -0.00596. The predicted octanol–water partition coefficient (Wildman–Crippen LogP) is 3.37. The molecule has 0 fully saturated rings. The van der Waals surface area contributed by atoms with Gasteiger partial charge >= 0.3 is 0 Å². The molecule has 0 saturated carbocycles. The van der Waals surface area contributed by atoms with Gasteiger partial charge < -0.3 is 14.8 Å². The first-order valence-electron chi connectivity index (χ1n) is 7.50. The van der Waals surface area contributed by atoms with Gasteiger partial charge in [-0.3, -0.25) is 4.79 Å². The lowest BCUT2D eigenvalue weighted by Crippen LogP contribution is -2.27. The Morgan fingerprint density at radius 1 is 1.04 bits per heavy atom. The third kappa shape index (κ3) is 6.24. The monoisotopic (exact) mass is 331 g/mol. The van der Waals surface area contributed by atoms with Gasteiger partial charge in [0.25, 0.3) is 0 Å². The summed E-state index contributed by atoms with van der Waals surface area (Å²) in [5.74, 6) is 2.17. The van der Waals surface area contributed by atoms with E-state index in [0.29, 0.717) is 31.1 Å². The second kappa shape index (κ2) is 9.79. The predicted molar refractivity (Wildman–Crippen MR) is 93.3 cm³/mol. The van der Waals surface area contributed by atoms with Gasteiger partial charge in [0.1, 0.15) is 0 Å². The van der Waals surface area contributed by atoms with Crippen LogP contribution in [0.15, 0.2) is 59.5 Å². The van der Waals surface area contributed by atoms with Crippen LogP contribution in [0.25, 0.3) is 0 Å². The lowest BCUT2D eigenvalue weighted by Gasteiger charge is -2.10. The number of hydrogen-bond acceptors (Lipinski definition) is 4. The number of nitrogens with one attached hydrogen (secondary N) is 1. The van der Waals surface area contributed by atoms with Crippen LogP contribution >= 0.6 is 11.8 Å². The summed E-state index contributed by atoms with van der Waals surface area (Å²) in [7, 11) is 1.60. The molecule has 0 radical (unpaired) electrons. The molecule has 122 valence electrons. The van der Waals surface area contributed by atoms with E-state index in [2.05, 4.69) is 17.4 Å². The molecule has 0 saturated heterocycles. The maximum atomic E-state index is 11.8. The number of ether oxygens (including phenoxy) is 2. The zero-order valence-electron chi connectivity index (χ0n) is 13.2. The first-order chi connectivity index (χ1) is 11.3. The quantitative estimate of drug-likeness (QED) is 0.565. The summed E-state index contributed by atoms with van der Waals surface area (Å²) >= 11 is 1.73. The van der Waals surface area contributed by atoms with E-state index in [0.717, 1.165) is 5.75 Å². The molecule has 2 rings (SSSR count). The average molecular weight is 331 g/mol. The Hall–Kier alpha value is -2.14. The fourth-order valence-corrected chi connectivity index (χ4v) is 2.75. The molecule has 1 N–H and O–H groups in total. The number of thioether (sulfide) groups is 1. The Labute approximate surface area is 141 Å². The zero-order valence-corrected chi connectivity index (χ0v) is 14.0. The van der Waals surface area contributed by atoms with Crippen LogP contribution in [0.1, 0.15) is 6.42 Å². The highest BCUT2D eigenvalue weighted by Gasteiger charge is 2.05. The number of carbonyl (C=O) groups is 1. The lowest BCUT2D eigenvalue weighted by molar-refractivity contribution is -0.121. The van der Waals surface area contributed by atoms with E-state index >= 15 is 0 Å². The Kier molecular flexibility index (Phi) is 7.33. The second-order valence-corrected chi connectivity index (χ2v) is 5.93. The van der Waals surface area contributed by atoms with Gasteiger partial charge in [0.2, 0.25) is 5.91 Å². The van der Waals surface area contributed by atoms with Crippen molar-refractivity contribution in [3.05, 3.63) is 54.6 Å². The van der Waals surface area contributed by atoms with Crippen LogP contribution in [-0.4, -0.2) is 31.9 Å². The summed E-state index contributed by atoms with van der Waals surface area (Å²) in [5.41, 5.74) is 0. The highest BCUT2D eigenvalue weighted by atomic mass is 32.2. The average Bonchev–Trinajstić information content (AvgIpc) is 2.60. The molecule has 0 aliphatic carbocycles. The van der Waals surface area contributed by atoms with E-state index in [1.807, 2.05) is 42.5 Å². The summed E-state index contributed by atoms with van der Waals surface area (Å²) in [6.07, 6.45) is 0.327. The topological polar surface area (TPSA) is 47.6 Å². The van der Waals surface area contributed by atoms with Crippen molar-refractivity contribution >= 4 is 17.7 Å². The van der Waals surface area contributed by atoms with Gasteiger partial charge in [0.15, 0.2) is 11.5 Å². The molecule has 0 atom stereocenters. The fraction of sp³-hybridized carbons (Fsp3) is 0.278. The van der Waals surface area contributed by atoms with Gasteiger partial charge in [0, 0.05) is 17.2 Å². The van der Waals surface area contributed by atoms with Gasteiger partial charge in [-0.2, -0.15) is 0 Å². The van der Waals surface area contributed by atoms with E-state index in [9.17, 15) is 4.79 Å². The van der Waals surface area contributed by atoms with Crippen LogP contribution in [0.2, 0.25) is 0 Å². The first-order valence-corrected chi connectivity index (χ1v) is 8.48. The minimum Gasteiger partial charge on any atom is -0.493 e. The van der Waals surface area contributed by atoms with Crippen molar-refractivity contribution in [2.75, 3.05) is 26.0 Å². The Morgan fingerprint density at radius 3 is 2.48 bits per heavy atom. The third-order valence-corrected chi connectivity index (χ3v) is 4.11. The number of hydrogen-bond donors (Lipinski definition) is 1. The number of para-hydroxylation sites is 2. The van der Waals surface area contributed by atoms with E-state index in [-0.39, 0.29) is 5.91 Å². The molecule has 23 heavy (non-hydrogen) atoms.